The molecule has 0 spiro atoms. The summed E-state index contributed by atoms with van der Waals surface area (Å²) in [7, 11) is 3.19. The molecule has 0 aliphatic rings. The maximum atomic E-state index is 10.1. The van der Waals surface area contributed by atoms with Crippen LogP contribution in [0.4, 0.5) is 0 Å². The average molecular weight is 221 g/mol. The van der Waals surface area contributed by atoms with Crippen LogP contribution in [-0.4, -0.2) is 26.3 Å². The Bertz CT molecular complexity index is 397. The largest absolute Gasteiger partial charge is 0.493 e. The number of isocyanates is 1. The molecule has 1 atom stereocenters. The first-order chi connectivity index (χ1) is 7.71. The first-order valence-electron chi connectivity index (χ1n) is 4.99. The standard InChI is InChI=1S/C12H15NO3/c1-9(13-8-14)6-10-4-5-11(15-2)12(7-10)16-3/h4-5,7,9H,6H2,1-3H3. The zero-order chi connectivity index (χ0) is 12.0. The Kier molecular flexibility index (Phi) is 4.55. The molecule has 1 aromatic carbocycles. The molecule has 0 aliphatic carbocycles. The molecule has 0 bridgehead atoms. The second-order valence-corrected chi connectivity index (χ2v) is 3.46. The van der Waals surface area contributed by atoms with Gasteiger partial charge in [-0.05, 0) is 31.0 Å². The minimum Gasteiger partial charge on any atom is -0.493 e. The summed E-state index contributed by atoms with van der Waals surface area (Å²) in [6.07, 6.45) is 2.23. The van der Waals surface area contributed by atoms with Crippen LogP contribution in [0, 0.1) is 0 Å². The van der Waals surface area contributed by atoms with Gasteiger partial charge >= 0.3 is 0 Å². The van der Waals surface area contributed by atoms with Gasteiger partial charge in [0, 0.05) is 0 Å². The molecule has 0 saturated heterocycles. The Labute approximate surface area is 94.9 Å². The Morgan fingerprint density at radius 3 is 2.56 bits per heavy atom. The van der Waals surface area contributed by atoms with Crippen molar-refractivity contribution in [3.63, 3.8) is 0 Å². The van der Waals surface area contributed by atoms with Crippen LogP contribution < -0.4 is 9.47 Å². The van der Waals surface area contributed by atoms with Gasteiger partial charge in [-0.3, -0.25) is 0 Å². The highest BCUT2D eigenvalue weighted by Gasteiger charge is 2.07. The average Bonchev–Trinajstić information content (AvgIpc) is 2.29. The van der Waals surface area contributed by atoms with E-state index in [2.05, 4.69) is 4.99 Å². The van der Waals surface area contributed by atoms with Crippen molar-refractivity contribution in [3.05, 3.63) is 23.8 Å². The van der Waals surface area contributed by atoms with Gasteiger partial charge in [-0.2, -0.15) is 0 Å². The van der Waals surface area contributed by atoms with E-state index in [1.54, 1.807) is 20.3 Å². The van der Waals surface area contributed by atoms with E-state index in [1.807, 2.05) is 25.1 Å². The molecule has 0 N–H and O–H groups in total. The summed E-state index contributed by atoms with van der Waals surface area (Å²) in [5, 5.41) is 0. The van der Waals surface area contributed by atoms with Gasteiger partial charge in [0.25, 0.3) is 0 Å². The van der Waals surface area contributed by atoms with E-state index in [0.717, 1.165) is 5.56 Å². The van der Waals surface area contributed by atoms with E-state index in [0.29, 0.717) is 17.9 Å². The number of benzene rings is 1. The number of carbonyl (C=O) groups excluding carboxylic acids is 1. The van der Waals surface area contributed by atoms with Gasteiger partial charge in [0.05, 0.1) is 20.3 Å². The van der Waals surface area contributed by atoms with Crippen LogP contribution in [0.3, 0.4) is 0 Å². The maximum absolute atomic E-state index is 10.1. The highest BCUT2D eigenvalue weighted by molar-refractivity contribution is 5.43. The van der Waals surface area contributed by atoms with Crippen LogP contribution in [0.2, 0.25) is 0 Å². The predicted molar refractivity (Wildman–Crippen MR) is 60.8 cm³/mol. The summed E-state index contributed by atoms with van der Waals surface area (Å²) in [6.45, 7) is 1.86. The third-order valence-electron chi connectivity index (χ3n) is 2.25. The van der Waals surface area contributed by atoms with Crippen molar-refractivity contribution in [2.75, 3.05) is 14.2 Å². The van der Waals surface area contributed by atoms with Crippen LogP contribution in [0.15, 0.2) is 23.2 Å². The summed E-state index contributed by atoms with van der Waals surface area (Å²) in [4.78, 5) is 13.7. The van der Waals surface area contributed by atoms with Gasteiger partial charge < -0.3 is 9.47 Å². The van der Waals surface area contributed by atoms with Crippen molar-refractivity contribution in [3.8, 4) is 11.5 Å². The molecule has 0 fully saturated rings. The minimum atomic E-state index is -0.0735. The lowest BCUT2D eigenvalue weighted by molar-refractivity contribution is 0.354. The number of methoxy groups -OCH3 is 2. The molecule has 0 heterocycles. The van der Waals surface area contributed by atoms with E-state index >= 15 is 0 Å². The molecular formula is C12H15NO3. The van der Waals surface area contributed by atoms with E-state index in [-0.39, 0.29) is 6.04 Å². The Balaban J connectivity index is 2.86. The number of rotatable bonds is 5. The monoisotopic (exact) mass is 221 g/mol. The Morgan fingerprint density at radius 2 is 2.00 bits per heavy atom. The Morgan fingerprint density at radius 1 is 1.31 bits per heavy atom. The molecule has 1 rings (SSSR count). The lowest BCUT2D eigenvalue weighted by Gasteiger charge is -2.10. The van der Waals surface area contributed by atoms with Crippen LogP contribution in [-0.2, 0) is 11.2 Å². The Hall–Kier alpha value is -1.80. The van der Waals surface area contributed by atoms with Gasteiger partial charge in [0.2, 0.25) is 6.08 Å². The van der Waals surface area contributed by atoms with Gasteiger partial charge in [-0.25, -0.2) is 9.79 Å². The summed E-state index contributed by atoms with van der Waals surface area (Å²) < 4.78 is 10.3. The number of hydrogen-bond acceptors (Lipinski definition) is 4. The van der Waals surface area contributed by atoms with Crippen LogP contribution >= 0.6 is 0 Å². The summed E-state index contributed by atoms with van der Waals surface area (Å²) >= 11 is 0. The maximum Gasteiger partial charge on any atom is 0.235 e. The first kappa shape index (κ1) is 12.3. The van der Waals surface area contributed by atoms with Gasteiger partial charge in [0.1, 0.15) is 0 Å². The zero-order valence-corrected chi connectivity index (χ0v) is 9.69. The smallest absolute Gasteiger partial charge is 0.235 e. The second kappa shape index (κ2) is 5.93. The van der Waals surface area contributed by atoms with Gasteiger partial charge in [-0.1, -0.05) is 6.07 Å². The van der Waals surface area contributed by atoms with E-state index < -0.39 is 0 Å². The van der Waals surface area contributed by atoms with E-state index in [1.165, 1.54) is 0 Å². The topological polar surface area (TPSA) is 47.9 Å². The lowest BCUT2D eigenvalue weighted by atomic mass is 10.1. The number of nitrogens with zero attached hydrogens (tertiary/aromatic N) is 1. The molecule has 4 heteroatoms. The van der Waals surface area contributed by atoms with Gasteiger partial charge in [-0.15, -0.1) is 0 Å². The molecule has 1 aromatic rings. The van der Waals surface area contributed by atoms with Crippen molar-refractivity contribution in [2.45, 2.75) is 19.4 Å². The number of ether oxygens (including phenoxy) is 2. The highest BCUT2D eigenvalue weighted by atomic mass is 16.5. The zero-order valence-electron chi connectivity index (χ0n) is 9.69. The van der Waals surface area contributed by atoms with E-state index in [4.69, 9.17) is 9.47 Å². The first-order valence-corrected chi connectivity index (χ1v) is 4.99. The highest BCUT2D eigenvalue weighted by Crippen LogP contribution is 2.28. The fraction of sp³-hybridized carbons (Fsp3) is 0.417. The molecule has 0 saturated carbocycles. The molecule has 0 radical (unpaired) electrons. The molecular weight excluding hydrogens is 206 g/mol. The number of hydrogen-bond donors (Lipinski definition) is 0. The fourth-order valence-corrected chi connectivity index (χ4v) is 1.48. The third-order valence-corrected chi connectivity index (χ3v) is 2.25. The molecule has 0 aromatic heterocycles. The minimum absolute atomic E-state index is 0.0735. The quantitative estimate of drug-likeness (QED) is 0.564. The molecule has 4 nitrogen and oxygen atoms in total. The second-order valence-electron chi connectivity index (χ2n) is 3.46. The SMILES string of the molecule is COc1ccc(CC(C)N=C=O)cc1OC. The van der Waals surface area contributed by atoms with Crippen molar-refractivity contribution in [1.82, 2.24) is 0 Å². The molecule has 16 heavy (non-hydrogen) atoms. The normalized spacial score (nSPS) is 11.4. The van der Waals surface area contributed by atoms with Crippen LogP contribution in [0.25, 0.3) is 0 Å². The fourth-order valence-electron chi connectivity index (χ4n) is 1.48. The molecule has 86 valence electrons. The lowest BCUT2D eigenvalue weighted by Crippen LogP contribution is -2.03. The van der Waals surface area contributed by atoms with Gasteiger partial charge in [0.15, 0.2) is 11.5 Å². The van der Waals surface area contributed by atoms with Crippen molar-refractivity contribution in [2.24, 2.45) is 4.99 Å². The third kappa shape index (κ3) is 3.11. The summed E-state index contributed by atoms with van der Waals surface area (Å²) in [5.74, 6) is 1.38. The predicted octanol–water partition coefficient (Wildman–Crippen LogP) is 1.97. The van der Waals surface area contributed by atoms with Crippen molar-refractivity contribution >= 4 is 6.08 Å². The number of aliphatic imine (C=N–C) groups is 1. The summed E-state index contributed by atoms with van der Waals surface area (Å²) in [5.41, 5.74) is 1.05. The molecule has 0 aliphatic heterocycles. The van der Waals surface area contributed by atoms with Crippen LogP contribution in [0.1, 0.15) is 12.5 Å². The van der Waals surface area contributed by atoms with E-state index in [9.17, 15) is 4.79 Å². The van der Waals surface area contributed by atoms with Crippen molar-refractivity contribution < 1.29 is 14.3 Å². The van der Waals surface area contributed by atoms with Crippen LogP contribution in [0.5, 0.6) is 11.5 Å². The van der Waals surface area contributed by atoms with Crippen molar-refractivity contribution in [1.29, 1.82) is 0 Å². The summed E-state index contributed by atoms with van der Waals surface area (Å²) in [6, 6.07) is 5.58. The molecule has 0 amide bonds. The molecule has 1 unspecified atom stereocenters.